The van der Waals surface area contributed by atoms with Crippen LogP contribution < -0.4 is 5.32 Å². The third-order valence-corrected chi connectivity index (χ3v) is 2.80. The Kier molecular flexibility index (Phi) is 4.44. The van der Waals surface area contributed by atoms with E-state index in [-0.39, 0.29) is 12.3 Å². The SMILES string of the molecule is O=C(Cc1ccncc1)N[C@@H](C(=O)O)c1ccccc1. The number of pyridine rings is 1. The van der Waals surface area contributed by atoms with Crippen molar-refractivity contribution in [2.45, 2.75) is 12.5 Å². The highest BCUT2D eigenvalue weighted by Gasteiger charge is 2.21. The van der Waals surface area contributed by atoms with Crippen molar-refractivity contribution in [3.63, 3.8) is 0 Å². The van der Waals surface area contributed by atoms with Crippen LogP contribution in [-0.2, 0) is 16.0 Å². The smallest absolute Gasteiger partial charge is 0.330 e. The minimum Gasteiger partial charge on any atom is -0.479 e. The Morgan fingerprint density at radius 3 is 2.35 bits per heavy atom. The van der Waals surface area contributed by atoms with Crippen LogP contribution in [0.2, 0.25) is 0 Å². The first-order valence-electron chi connectivity index (χ1n) is 6.13. The molecule has 0 aliphatic heterocycles. The second-order valence-electron chi connectivity index (χ2n) is 4.28. The van der Waals surface area contributed by atoms with Gasteiger partial charge in [0.25, 0.3) is 0 Å². The van der Waals surface area contributed by atoms with E-state index in [9.17, 15) is 14.7 Å². The minimum atomic E-state index is -1.08. The molecule has 2 rings (SSSR count). The van der Waals surface area contributed by atoms with Crippen molar-refractivity contribution in [2.24, 2.45) is 0 Å². The number of benzene rings is 1. The van der Waals surface area contributed by atoms with E-state index in [0.717, 1.165) is 5.56 Å². The highest BCUT2D eigenvalue weighted by atomic mass is 16.4. The van der Waals surface area contributed by atoms with Crippen molar-refractivity contribution < 1.29 is 14.7 Å². The average molecular weight is 270 g/mol. The fourth-order valence-corrected chi connectivity index (χ4v) is 1.83. The Morgan fingerprint density at radius 1 is 1.10 bits per heavy atom. The summed E-state index contributed by atoms with van der Waals surface area (Å²) in [5.74, 6) is -1.42. The molecule has 0 saturated carbocycles. The van der Waals surface area contributed by atoms with Gasteiger partial charge in [0.05, 0.1) is 6.42 Å². The van der Waals surface area contributed by atoms with Crippen LogP contribution in [0.3, 0.4) is 0 Å². The van der Waals surface area contributed by atoms with Gasteiger partial charge in [-0.2, -0.15) is 0 Å². The lowest BCUT2D eigenvalue weighted by atomic mass is 10.1. The highest BCUT2D eigenvalue weighted by Crippen LogP contribution is 2.13. The number of amides is 1. The number of hydrogen-bond acceptors (Lipinski definition) is 3. The quantitative estimate of drug-likeness (QED) is 0.864. The Morgan fingerprint density at radius 2 is 1.75 bits per heavy atom. The van der Waals surface area contributed by atoms with Gasteiger partial charge in [0.2, 0.25) is 5.91 Å². The van der Waals surface area contributed by atoms with E-state index in [2.05, 4.69) is 10.3 Å². The molecular formula is C15H14N2O3. The summed E-state index contributed by atoms with van der Waals surface area (Å²) in [5, 5.41) is 11.7. The van der Waals surface area contributed by atoms with Crippen molar-refractivity contribution in [3.8, 4) is 0 Å². The monoisotopic (exact) mass is 270 g/mol. The molecular weight excluding hydrogens is 256 g/mol. The number of aromatic nitrogens is 1. The molecule has 1 amide bonds. The van der Waals surface area contributed by atoms with E-state index in [1.165, 1.54) is 0 Å². The van der Waals surface area contributed by atoms with Gasteiger partial charge in [-0.15, -0.1) is 0 Å². The van der Waals surface area contributed by atoms with Gasteiger partial charge in [-0.1, -0.05) is 30.3 Å². The summed E-state index contributed by atoms with van der Waals surface area (Å²) in [6.45, 7) is 0. The predicted octanol–water partition coefficient (Wildman–Crippen LogP) is 1.57. The van der Waals surface area contributed by atoms with Gasteiger partial charge >= 0.3 is 5.97 Å². The van der Waals surface area contributed by atoms with Crippen LogP contribution in [0.25, 0.3) is 0 Å². The van der Waals surface area contributed by atoms with E-state index in [1.807, 2.05) is 0 Å². The molecule has 0 saturated heterocycles. The van der Waals surface area contributed by atoms with Crippen LogP contribution in [0, 0.1) is 0 Å². The van der Waals surface area contributed by atoms with Crippen LogP contribution >= 0.6 is 0 Å². The molecule has 2 aromatic rings. The van der Waals surface area contributed by atoms with Crippen LogP contribution in [-0.4, -0.2) is 22.0 Å². The van der Waals surface area contributed by atoms with E-state index in [4.69, 9.17) is 0 Å². The van der Waals surface area contributed by atoms with Crippen molar-refractivity contribution in [1.82, 2.24) is 10.3 Å². The summed E-state index contributed by atoms with van der Waals surface area (Å²) in [6.07, 6.45) is 3.31. The maximum absolute atomic E-state index is 11.9. The molecule has 1 heterocycles. The molecule has 0 spiro atoms. The Balaban J connectivity index is 2.06. The standard InChI is InChI=1S/C15H14N2O3/c18-13(10-11-6-8-16-9-7-11)17-14(15(19)20)12-4-2-1-3-5-12/h1-9,14H,10H2,(H,17,18)(H,19,20)/t14-/m1/s1. The number of nitrogens with one attached hydrogen (secondary N) is 1. The molecule has 0 aliphatic carbocycles. The lowest BCUT2D eigenvalue weighted by Gasteiger charge is -2.14. The van der Waals surface area contributed by atoms with Gasteiger partial charge < -0.3 is 10.4 Å². The summed E-state index contributed by atoms with van der Waals surface area (Å²) in [6, 6.07) is 11.0. The van der Waals surface area contributed by atoms with Gasteiger partial charge in [0, 0.05) is 12.4 Å². The maximum Gasteiger partial charge on any atom is 0.330 e. The van der Waals surface area contributed by atoms with Gasteiger partial charge in [0.15, 0.2) is 6.04 Å². The van der Waals surface area contributed by atoms with E-state index >= 15 is 0 Å². The predicted molar refractivity (Wildman–Crippen MR) is 72.9 cm³/mol. The first kappa shape index (κ1) is 13.7. The molecule has 0 aliphatic rings. The molecule has 1 atom stereocenters. The van der Waals surface area contributed by atoms with Crippen LogP contribution in [0.1, 0.15) is 17.2 Å². The summed E-state index contributed by atoms with van der Waals surface area (Å²) in [7, 11) is 0. The summed E-state index contributed by atoms with van der Waals surface area (Å²) < 4.78 is 0. The molecule has 1 aromatic heterocycles. The van der Waals surface area contributed by atoms with Gasteiger partial charge in [0.1, 0.15) is 0 Å². The van der Waals surface area contributed by atoms with Gasteiger partial charge in [-0.25, -0.2) is 4.79 Å². The normalized spacial score (nSPS) is 11.6. The zero-order chi connectivity index (χ0) is 14.4. The average Bonchev–Trinajstić information content (AvgIpc) is 2.46. The molecule has 0 unspecified atom stereocenters. The van der Waals surface area contributed by atoms with Crippen LogP contribution in [0.15, 0.2) is 54.9 Å². The molecule has 102 valence electrons. The fraction of sp³-hybridized carbons (Fsp3) is 0.133. The second kappa shape index (κ2) is 6.47. The highest BCUT2D eigenvalue weighted by molar-refractivity contribution is 5.85. The van der Waals surface area contributed by atoms with E-state index < -0.39 is 12.0 Å². The van der Waals surface area contributed by atoms with Crippen LogP contribution in [0.5, 0.6) is 0 Å². The van der Waals surface area contributed by atoms with Crippen molar-refractivity contribution in [2.75, 3.05) is 0 Å². The number of carbonyl (C=O) groups excluding carboxylic acids is 1. The Bertz CT molecular complexity index is 585. The number of carbonyl (C=O) groups is 2. The van der Waals surface area contributed by atoms with Crippen molar-refractivity contribution in [3.05, 3.63) is 66.0 Å². The molecule has 5 heteroatoms. The summed E-state index contributed by atoms with van der Waals surface area (Å²) >= 11 is 0. The summed E-state index contributed by atoms with van der Waals surface area (Å²) in [4.78, 5) is 27.0. The number of aliphatic carboxylic acids is 1. The van der Waals surface area contributed by atoms with Crippen LogP contribution in [0.4, 0.5) is 0 Å². The van der Waals surface area contributed by atoms with Crippen molar-refractivity contribution >= 4 is 11.9 Å². The molecule has 0 bridgehead atoms. The number of carboxylic acids is 1. The minimum absolute atomic E-state index is 0.124. The first-order chi connectivity index (χ1) is 9.66. The topological polar surface area (TPSA) is 79.3 Å². The third kappa shape index (κ3) is 3.65. The first-order valence-corrected chi connectivity index (χ1v) is 6.13. The number of carboxylic acid groups (broad SMARTS) is 1. The molecule has 0 fully saturated rings. The molecule has 5 nitrogen and oxygen atoms in total. The molecule has 2 N–H and O–H groups in total. The zero-order valence-electron chi connectivity index (χ0n) is 10.7. The van der Waals surface area contributed by atoms with Gasteiger partial charge in [-0.05, 0) is 23.3 Å². The maximum atomic E-state index is 11.9. The molecule has 1 aromatic carbocycles. The Hall–Kier alpha value is -2.69. The largest absolute Gasteiger partial charge is 0.479 e. The van der Waals surface area contributed by atoms with Gasteiger partial charge in [-0.3, -0.25) is 9.78 Å². The number of rotatable bonds is 5. The zero-order valence-corrected chi connectivity index (χ0v) is 10.7. The van der Waals surface area contributed by atoms with E-state index in [0.29, 0.717) is 5.56 Å². The lowest BCUT2D eigenvalue weighted by molar-refractivity contribution is -0.141. The lowest BCUT2D eigenvalue weighted by Crippen LogP contribution is -2.34. The molecule has 20 heavy (non-hydrogen) atoms. The Labute approximate surface area is 116 Å². The summed E-state index contributed by atoms with van der Waals surface area (Å²) in [5.41, 5.74) is 1.33. The fourth-order valence-electron chi connectivity index (χ4n) is 1.83. The van der Waals surface area contributed by atoms with E-state index in [1.54, 1.807) is 54.9 Å². The number of hydrogen-bond donors (Lipinski definition) is 2. The third-order valence-electron chi connectivity index (χ3n) is 2.80. The number of nitrogens with zero attached hydrogens (tertiary/aromatic N) is 1. The molecule has 0 radical (unpaired) electrons. The second-order valence-corrected chi connectivity index (χ2v) is 4.28. The van der Waals surface area contributed by atoms with Crippen molar-refractivity contribution in [1.29, 1.82) is 0 Å².